The zero-order chi connectivity index (χ0) is 30.0. The molecular formula is C28H38F3N3O6S. The highest BCUT2D eigenvalue weighted by Gasteiger charge is 2.34. The molecule has 1 aliphatic rings. The fourth-order valence-electron chi connectivity index (χ4n) is 4.42. The third kappa shape index (κ3) is 10.3. The first kappa shape index (κ1) is 32.8. The summed E-state index contributed by atoms with van der Waals surface area (Å²) in [7, 11) is -4.27. The van der Waals surface area contributed by atoms with Gasteiger partial charge in [-0.1, -0.05) is 44.2 Å². The molecule has 9 nitrogen and oxygen atoms in total. The third-order valence-corrected chi connectivity index (χ3v) is 8.44. The smallest absolute Gasteiger partial charge is 0.416 e. The Labute approximate surface area is 239 Å². The molecule has 0 radical (unpaired) electrons. The summed E-state index contributed by atoms with van der Waals surface area (Å²) in [6.07, 6.45) is -6.52. The van der Waals surface area contributed by atoms with Crippen molar-refractivity contribution in [3.63, 3.8) is 0 Å². The van der Waals surface area contributed by atoms with E-state index in [1.54, 1.807) is 26.0 Å². The van der Waals surface area contributed by atoms with Crippen molar-refractivity contribution in [2.24, 2.45) is 5.92 Å². The van der Waals surface area contributed by atoms with E-state index in [4.69, 9.17) is 9.47 Å². The number of hydrogen-bond donors (Lipinski definition) is 2. The van der Waals surface area contributed by atoms with Crippen molar-refractivity contribution in [1.82, 2.24) is 14.5 Å². The molecule has 1 aliphatic heterocycles. The van der Waals surface area contributed by atoms with E-state index in [2.05, 4.69) is 10.2 Å². The Morgan fingerprint density at radius 2 is 1.71 bits per heavy atom. The number of rotatable bonds is 13. The molecule has 1 fully saturated rings. The molecule has 0 aromatic heterocycles. The highest BCUT2D eigenvalue weighted by Crippen LogP contribution is 2.30. The second-order valence-corrected chi connectivity index (χ2v) is 12.3. The number of sulfonamides is 1. The van der Waals surface area contributed by atoms with Crippen LogP contribution >= 0.6 is 0 Å². The monoisotopic (exact) mass is 601 g/mol. The van der Waals surface area contributed by atoms with Crippen molar-refractivity contribution in [1.29, 1.82) is 0 Å². The van der Waals surface area contributed by atoms with E-state index in [1.807, 2.05) is 18.2 Å². The van der Waals surface area contributed by atoms with Crippen LogP contribution in [0.3, 0.4) is 0 Å². The van der Waals surface area contributed by atoms with Gasteiger partial charge in [0.2, 0.25) is 10.0 Å². The molecule has 3 rings (SSSR count). The molecule has 228 valence electrons. The minimum atomic E-state index is -4.61. The molecule has 1 saturated heterocycles. The zero-order valence-corrected chi connectivity index (χ0v) is 24.0. The Morgan fingerprint density at radius 3 is 2.29 bits per heavy atom. The van der Waals surface area contributed by atoms with Gasteiger partial charge in [-0.15, -0.1) is 0 Å². The predicted octanol–water partition coefficient (Wildman–Crippen LogP) is 3.38. The molecule has 2 aromatic rings. The minimum Gasteiger partial charge on any atom is -0.448 e. The van der Waals surface area contributed by atoms with Crippen LogP contribution in [0.25, 0.3) is 0 Å². The molecule has 1 amide bonds. The molecule has 2 aromatic carbocycles. The largest absolute Gasteiger partial charge is 0.448 e. The van der Waals surface area contributed by atoms with Crippen LogP contribution in [0.4, 0.5) is 18.0 Å². The number of halogens is 3. The highest BCUT2D eigenvalue weighted by molar-refractivity contribution is 7.89. The number of hydrogen-bond acceptors (Lipinski definition) is 7. The van der Waals surface area contributed by atoms with Gasteiger partial charge in [0.05, 0.1) is 35.8 Å². The summed E-state index contributed by atoms with van der Waals surface area (Å²) >= 11 is 0. The van der Waals surface area contributed by atoms with E-state index in [-0.39, 0.29) is 30.4 Å². The first-order valence-electron chi connectivity index (χ1n) is 13.5. The van der Waals surface area contributed by atoms with Crippen molar-refractivity contribution < 1.29 is 41.0 Å². The quantitative estimate of drug-likeness (QED) is 0.363. The fraction of sp³-hybridized carbons (Fsp3) is 0.536. The third-order valence-electron chi connectivity index (χ3n) is 6.59. The number of morpholine rings is 1. The van der Waals surface area contributed by atoms with Gasteiger partial charge in [0.25, 0.3) is 0 Å². The summed E-state index contributed by atoms with van der Waals surface area (Å²) in [5.41, 5.74) is -0.169. The first-order chi connectivity index (χ1) is 19.4. The van der Waals surface area contributed by atoms with Crippen molar-refractivity contribution in [3.05, 3.63) is 65.7 Å². The number of nitrogens with zero attached hydrogens (tertiary/aromatic N) is 2. The summed E-state index contributed by atoms with van der Waals surface area (Å²) in [6, 6.07) is 11.4. The molecule has 0 saturated carbocycles. The van der Waals surface area contributed by atoms with Gasteiger partial charge in [0.15, 0.2) is 0 Å². The number of amides is 1. The lowest BCUT2D eigenvalue weighted by atomic mass is 10.0. The second-order valence-electron chi connectivity index (χ2n) is 10.3. The van der Waals surface area contributed by atoms with Gasteiger partial charge in [-0.25, -0.2) is 13.2 Å². The molecule has 0 bridgehead atoms. The van der Waals surface area contributed by atoms with Gasteiger partial charge in [-0.2, -0.15) is 17.5 Å². The maximum Gasteiger partial charge on any atom is 0.416 e. The minimum absolute atomic E-state index is 0.00245. The molecule has 0 aliphatic carbocycles. The van der Waals surface area contributed by atoms with E-state index < -0.39 is 46.5 Å². The molecule has 0 unspecified atom stereocenters. The molecule has 0 spiro atoms. The standard InChI is InChI=1S/C28H38F3N3O6S/c1-21(2)19-34(41(37,38)24-10-8-23(9-11-24)28(29,30)31)20-26(35)25(18-22-6-4-3-5-7-22)32-27(36)40-17-14-33-12-15-39-16-13-33/h3-11,21,25-26,35H,12-20H2,1-2H3,(H,32,36)/t25-,26+/m0/s1. The SMILES string of the molecule is CC(C)CN(C[C@@H](O)[C@H](Cc1ccccc1)NC(=O)OCCN1CCOCC1)S(=O)(=O)c1ccc(C(F)(F)F)cc1. The van der Waals surface area contributed by atoms with Crippen LogP contribution in [-0.4, -0.2) is 93.5 Å². The van der Waals surface area contributed by atoms with E-state index >= 15 is 0 Å². The van der Waals surface area contributed by atoms with Gasteiger partial charge < -0.3 is 19.9 Å². The lowest BCUT2D eigenvalue weighted by molar-refractivity contribution is -0.137. The summed E-state index contributed by atoms with van der Waals surface area (Å²) in [4.78, 5) is 14.4. The first-order valence-corrected chi connectivity index (χ1v) is 14.9. The summed E-state index contributed by atoms with van der Waals surface area (Å²) < 4.78 is 77.7. The van der Waals surface area contributed by atoms with Crippen molar-refractivity contribution in [2.75, 3.05) is 52.5 Å². The molecule has 13 heteroatoms. The fourth-order valence-corrected chi connectivity index (χ4v) is 6.04. The van der Waals surface area contributed by atoms with Crippen molar-refractivity contribution >= 4 is 16.1 Å². The Kier molecular flexibility index (Phi) is 12.0. The molecule has 41 heavy (non-hydrogen) atoms. The van der Waals surface area contributed by atoms with Gasteiger partial charge >= 0.3 is 12.3 Å². The molecular weight excluding hydrogens is 563 g/mol. The van der Waals surface area contributed by atoms with Crippen LogP contribution in [0.2, 0.25) is 0 Å². The van der Waals surface area contributed by atoms with Gasteiger partial charge in [0, 0.05) is 32.7 Å². The second kappa shape index (κ2) is 15.0. The summed E-state index contributed by atoms with van der Waals surface area (Å²) in [5.74, 6) is -0.155. The van der Waals surface area contributed by atoms with Gasteiger partial charge in [0.1, 0.15) is 6.61 Å². The summed E-state index contributed by atoms with van der Waals surface area (Å²) in [6.45, 7) is 6.52. The highest BCUT2D eigenvalue weighted by atomic mass is 32.2. The van der Waals surface area contributed by atoms with Crippen LogP contribution in [0, 0.1) is 5.92 Å². The van der Waals surface area contributed by atoms with Crippen LogP contribution < -0.4 is 5.32 Å². The number of alkyl halides is 3. The van der Waals surface area contributed by atoms with E-state index in [0.717, 1.165) is 35.1 Å². The lowest BCUT2D eigenvalue weighted by Gasteiger charge is -2.31. The topological polar surface area (TPSA) is 108 Å². The maximum absolute atomic E-state index is 13.5. The van der Waals surface area contributed by atoms with Crippen LogP contribution in [0.5, 0.6) is 0 Å². The Bertz CT molecular complexity index is 1190. The number of aliphatic hydroxyl groups is 1. The van der Waals surface area contributed by atoms with Crippen LogP contribution in [-0.2, 0) is 32.1 Å². The number of carbonyl (C=O) groups excluding carboxylic acids is 1. The number of carbonyl (C=O) groups is 1. The number of aliphatic hydroxyl groups excluding tert-OH is 1. The normalized spacial score (nSPS) is 16.5. The Balaban J connectivity index is 1.74. The van der Waals surface area contributed by atoms with Crippen LogP contribution in [0.1, 0.15) is 25.0 Å². The van der Waals surface area contributed by atoms with E-state index in [9.17, 15) is 31.5 Å². The van der Waals surface area contributed by atoms with Gasteiger partial charge in [-0.3, -0.25) is 4.90 Å². The summed E-state index contributed by atoms with van der Waals surface area (Å²) in [5, 5.41) is 13.9. The number of alkyl carbamates (subject to hydrolysis) is 1. The predicted molar refractivity (Wildman–Crippen MR) is 147 cm³/mol. The van der Waals surface area contributed by atoms with Crippen molar-refractivity contribution in [3.8, 4) is 0 Å². The number of ether oxygens (including phenoxy) is 2. The van der Waals surface area contributed by atoms with Crippen molar-refractivity contribution in [2.45, 2.75) is 43.5 Å². The molecule has 2 atom stereocenters. The Hall–Kier alpha value is -2.71. The number of benzene rings is 2. The van der Waals surface area contributed by atoms with Gasteiger partial charge in [-0.05, 0) is 42.2 Å². The lowest BCUT2D eigenvalue weighted by Crippen LogP contribution is -2.51. The molecule has 2 N–H and O–H groups in total. The molecule has 1 heterocycles. The van der Waals surface area contributed by atoms with E-state index in [1.165, 1.54) is 0 Å². The van der Waals surface area contributed by atoms with E-state index in [0.29, 0.717) is 31.9 Å². The maximum atomic E-state index is 13.5. The average molecular weight is 602 g/mol. The number of nitrogens with one attached hydrogen (secondary N) is 1. The Morgan fingerprint density at radius 1 is 1.07 bits per heavy atom. The average Bonchev–Trinajstić information content (AvgIpc) is 2.93. The zero-order valence-electron chi connectivity index (χ0n) is 23.2. The van der Waals surface area contributed by atoms with Crippen LogP contribution in [0.15, 0.2) is 59.5 Å².